The molecule has 3 rings (SSSR count). The molecule has 2 bridgehead atoms. The zero-order valence-electron chi connectivity index (χ0n) is 10.5. The summed E-state index contributed by atoms with van der Waals surface area (Å²) >= 11 is 0. The summed E-state index contributed by atoms with van der Waals surface area (Å²) in [7, 11) is 0. The summed E-state index contributed by atoms with van der Waals surface area (Å²) in [6.07, 6.45) is 0.964. The fraction of sp³-hybridized carbons (Fsp3) is 0.692. The van der Waals surface area contributed by atoms with Gasteiger partial charge >= 0.3 is 23.9 Å². The van der Waals surface area contributed by atoms with E-state index in [9.17, 15) is 29.4 Å². The van der Waals surface area contributed by atoms with E-state index < -0.39 is 41.6 Å². The molecule has 20 heavy (non-hydrogen) atoms. The van der Waals surface area contributed by atoms with Crippen LogP contribution in [0.2, 0.25) is 0 Å². The van der Waals surface area contributed by atoms with E-state index in [4.69, 9.17) is 0 Å². The van der Waals surface area contributed by atoms with Crippen LogP contribution in [0.5, 0.6) is 0 Å². The van der Waals surface area contributed by atoms with Crippen LogP contribution in [0.15, 0.2) is 0 Å². The molecule has 0 spiro atoms. The highest BCUT2D eigenvalue weighted by Crippen LogP contribution is 2.58. The number of ether oxygens (including phenoxy) is 1. The first kappa shape index (κ1) is 13.1. The molecule has 7 nitrogen and oxygen atoms in total. The lowest BCUT2D eigenvalue weighted by molar-refractivity contribution is -0.159. The Labute approximate surface area is 113 Å². The Balaban J connectivity index is 1.86. The maximum Gasteiger partial charge on any atom is 0.317 e. The number of fused-ring (bicyclic) bond motifs is 2. The van der Waals surface area contributed by atoms with Crippen LogP contribution in [0.25, 0.3) is 0 Å². The van der Waals surface area contributed by atoms with Crippen LogP contribution in [-0.2, 0) is 23.9 Å². The highest BCUT2D eigenvalue weighted by Gasteiger charge is 2.61. The lowest BCUT2D eigenvalue weighted by atomic mass is 9.69. The maximum atomic E-state index is 11.6. The van der Waals surface area contributed by atoms with Crippen molar-refractivity contribution in [3.05, 3.63) is 0 Å². The second-order valence-corrected chi connectivity index (χ2v) is 5.89. The number of rotatable bonds is 3. The highest BCUT2D eigenvalue weighted by molar-refractivity contribution is 5.95. The van der Waals surface area contributed by atoms with E-state index in [2.05, 4.69) is 4.74 Å². The SMILES string of the molecule is O=C1CC(C2CC3CC2C(C(=O)O)C3C(=O)O)C(=O)O1. The van der Waals surface area contributed by atoms with Gasteiger partial charge in [-0.15, -0.1) is 0 Å². The van der Waals surface area contributed by atoms with Crippen LogP contribution in [0.4, 0.5) is 0 Å². The number of hydrogen-bond donors (Lipinski definition) is 2. The van der Waals surface area contributed by atoms with Gasteiger partial charge in [0.1, 0.15) is 0 Å². The van der Waals surface area contributed by atoms with Crippen molar-refractivity contribution in [2.45, 2.75) is 19.3 Å². The predicted octanol–water partition coefficient (Wildman–Crippen LogP) is 0.134. The van der Waals surface area contributed by atoms with Gasteiger partial charge in [0.15, 0.2) is 0 Å². The Morgan fingerprint density at radius 2 is 1.60 bits per heavy atom. The van der Waals surface area contributed by atoms with Crippen molar-refractivity contribution in [1.29, 1.82) is 0 Å². The minimum Gasteiger partial charge on any atom is -0.481 e. The molecular formula is C13H14O7. The molecule has 3 aliphatic rings. The van der Waals surface area contributed by atoms with Crippen LogP contribution >= 0.6 is 0 Å². The average Bonchev–Trinajstić information content (AvgIpc) is 2.99. The topological polar surface area (TPSA) is 118 Å². The molecule has 0 aromatic carbocycles. The van der Waals surface area contributed by atoms with Gasteiger partial charge in [-0.25, -0.2) is 0 Å². The molecule has 7 heteroatoms. The summed E-state index contributed by atoms with van der Waals surface area (Å²) in [4.78, 5) is 45.4. The second kappa shape index (κ2) is 4.29. The number of carbonyl (C=O) groups excluding carboxylic acids is 2. The van der Waals surface area contributed by atoms with E-state index in [-0.39, 0.29) is 24.2 Å². The van der Waals surface area contributed by atoms with Gasteiger partial charge in [0.2, 0.25) is 0 Å². The maximum absolute atomic E-state index is 11.6. The largest absolute Gasteiger partial charge is 0.481 e. The van der Waals surface area contributed by atoms with Crippen molar-refractivity contribution >= 4 is 23.9 Å². The van der Waals surface area contributed by atoms with E-state index in [0.29, 0.717) is 12.8 Å². The zero-order chi connectivity index (χ0) is 14.6. The zero-order valence-corrected chi connectivity index (χ0v) is 10.5. The lowest BCUT2D eigenvalue weighted by Crippen LogP contribution is -2.40. The molecule has 1 aliphatic heterocycles. The molecule has 0 amide bonds. The van der Waals surface area contributed by atoms with Gasteiger partial charge in [-0.05, 0) is 30.6 Å². The Hall–Kier alpha value is -1.92. The van der Waals surface area contributed by atoms with Gasteiger partial charge < -0.3 is 14.9 Å². The van der Waals surface area contributed by atoms with Gasteiger partial charge in [0, 0.05) is 0 Å². The van der Waals surface area contributed by atoms with Crippen LogP contribution in [0.1, 0.15) is 19.3 Å². The highest BCUT2D eigenvalue weighted by atomic mass is 16.6. The molecule has 6 atom stereocenters. The molecule has 6 unspecified atom stereocenters. The Kier molecular flexibility index (Phi) is 2.81. The van der Waals surface area contributed by atoms with E-state index in [1.54, 1.807) is 0 Å². The van der Waals surface area contributed by atoms with Gasteiger partial charge in [-0.2, -0.15) is 0 Å². The number of carboxylic acid groups (broad SMARTS) is 2. The van der Waals surface area contributed by atoms with Crippen LogP contribution in [0, 0.1) is 35.5 Å². The third-order valence-corrected chi connectivity index (χ3v) is 5.05. The van der Waals surface area contributed by atoms with E-state index in [1.807, 2.05) is 0 Å². The first-order valence-corrected chi connectivity index (χ1v) is 6.60. The minimum absolute atomic E-state index is 0.0171. The van der Waals surface area contributed by atoms with Gasteiger partial charge in [-0.1, -0.05) is 0 Å². The van der Waals surface area contributed by atoms with Crippen LogP contribution in [0.3, 0.4) is 0 Å². The third-order valence-electron chi connectivity index (χ3n) is 5.05. The number of carbonyl (C=O) groups is 4. The molecule has 2 saturated carbocycles. The fourth-order valence-corrected chi connectivity index (χ4v) is 4.38. The standard InChI is InChI=1S/C13H14O7/c14-8-3-7(13(19)20-8)5-1-4-2-6(5)10(12(17)18)9(4)11(15)16/h4-7,9-10H,1-3H2,(H,15,16)(H,17,18). The van der Waals surface area contributed by atoms with Crippen molar-refractivity contribution in [1.82, 2.24) is 0 Å². The molecule has 1 heterocycles. The number of carboxylic acids is 2. The molecule has 0 aromatic rings. The summed E-state index contributed by atoms with van der Waals surface area (Å²) in [6.45, 7) is 0. The Morgan fingerprint density at radius 1 is 1.00 bits per heavy atom. The monoisotopic (exact) mass is 282 g/mol. The minimum atomic E-state index is -1.13. The van der Waals surface area contributed by atoms with Crippen molar-refractivity contribution in [3.8, 4) is 0 Å². The summed E-state index contributed by atoms with van der Waals surface area (Å²) in [5.74, 6) is -6.70. The molecule has 2 aliphatic carbocycles. The smallest absolute Gasteiger partial charge is 0.317 e. The first-order valence-electron chi connectivity index (χ1n) is 6.60. The van der Waals surface area contributed by atoms with Crippen molar-refractivity contribution in [2.24, 2.45) is 35.5 Å². The molecule has 108 valence electrons. The number of hydrogen-bond acceptors (Lipinski definition) is 5. The van der Waals surface area contributed by atoms with Gasteiger partial charge in [-0.3, -0.25) is 19.2 Å². The first-order chi connectivity index (χ1) is 9.40. The fourth-order valence-electron chi connectivity index (χ4n) is 4.38. The molecule has 3 fully saturated rings. The summed E-state index contributed by atoms with van der Waals surface area (Å²) in [6, 6.07) is 0. The number of cyclic esters (lactones) is 2. The summed E-state index contributed by atoms with van der Waals surface area (Å²) in [5.41, 5.74) is 0. The Morgan fingerprint density at radius 3 is 2.10 bits per heavy atom. The normalized spacial score (nSPS) is 42.8. The predicted molar refractivity (Wildman–Crippen MR) is 61.2 cm³/mol. The van der Waals surface area contributed by atoms with Crippen molar-refractivity contribution in [2.75, 3.05) is 0 Å². The van der Waals surface area contributed by atoms with Crippen LogP contribution in [-0.4, -0.2) is 34.1 Å². The second-order valence-electron chi connectivity index (χ2n) is 5.89. The third kappa shape index (κ3) is 1.72. The molecule has 0 aromatic heterocycles. The lowest BCUT2D eigenvalue weighted by Gasteiger charge is -2.32. The number of aliphatic carboxylic acids is 2. The van der Waals surface area contributed by atoms with E-state index in [1.165, 1.54) is 0 Å². The summed E-state index contributed by atoms with van der Waals surface area (Å²) in [5, 5.41) is 18.5. The molecule has 1 saturated heterocycles. The van der Waals surface area contributed by atoms with Gasteiger partial charge in [0.25, 0.3) is 0 Å². The summed E-state index contributed by atoms with van der Waals surface area (Å²) < 4.78 is 4.52. The van der Waals surface area contributed by atoms with Crippen LogP contribution < -0.4 is 0 Å². The van der Waals surface area contributed by atoms with Crippen molar-refractivity contribution in [3.63, 3.8) is 0 Å². The van der Waals surface area contributed by atoms with Crippen molar-refractivity contribution < 1.29 is 34.1 Å². The molecule has 2 N–H and O–H groups in total. The quantitative estimate of drug-likeness (QED) is 0.558. The Bertz CT molecular complexity index is 511. The molecule has 0 radical (unpaired) electrons. The van der Waals surface area contributed by atoms with Gasteiger partial charge in [0.05, 0.1) is 24.2 Å². The number of esters is 2. The van der Waals surface area contributed by atoms with E-state index in [0.717, 1.165) is 0 Å². The van der Waals surface area contributed by atoms with E-state index >= 15 is 0 Å². The average molecular weight is 282 g/mol. The molecular weight excluding hydrogens is 268 g/mol.